The summed E-state index contributed by atoms with van der Waals surface area (Å²) in [7, 11) is 1.68. The molecular weight excluding hydrogens is 412 g/mol. The Hall–Kier alpha value is -1.26. The van der Waals surface area contributed by atoms with E-state index in [1.165, 1.54) is 12.3 Å². The quantitative estimate of drug-likeness (QED) is 0.428. The van der Waals surface area contributed by atoms with Crippen LogP contribution in [0, 0.1) is 0 Å². The van der Waals surface area contributed by atoms with E-state index in [0.717, 1.165) is 18.4 Å². The highest BCUT2D eigenvalue weighted by Gasteiger charge is 2.28. The summed E-state index contributed by atoms with van der Waals surface area (Å²) in [6.45, 7) is -0.853. The van der Waals surface area contributed by atoms with Gasteiger partial charge >= 0.3 is 6.18 Å². The molecule has 2 N–H and O–H groups in total. The third-order valence-electron chi connectivity index (χ3n) is 2.78. The predicted molar refractivity (Wildman–Crippen MR) is 87.6 cm³/mol. The molecule has 0 atom stereocenters. The lowest BCUT2D eigenvalue weighted by atomic mass is 10.3. The largest absolute Gasteiger partial charge is 0.468 e. The normalized spacial score (nSPS) is 15.0. The topological polar surface area (TPSA) is 58.5 Å². The van der Waals surface area contributed by atoms with Crippen molar-refractivity contribution in [3.05, 3.63) is 23.9 Å². The first-order valence-corrected chi connectivity index (χ1v) is 6.58. The summed E-state index contributed by atoms with van der Waals surface area (Å²) in [6, 6.07) is 3.57. The summed E-state index contributed by atoms with van der Waals surface area (Å²) in [5.74, 6) is 0.659. The molecule has 2 rings (SSSR count). The number of alkyl halides is 3. The van der Waals surface area contributed by atoms with Crippen LogP contribution in [0.1, 0.15) is 18.4 Å². The predicted octanol–water partition coefficient (Wildman–Crippen LogP) is 2.47. The van der Waals surface area contributed by atoms with Crippen LogP contribution < -0.4 is 15.4 Å². The first-order valence-electron chi connectivity index (χ1n) is 6.58. The number of aliphatic imine (C=N–C) groups is 1. The number of nitrogens with one attached hydrogen (secondary N) is 2. The molecule has 0 unspecified atom stereocenters. The highest BCUT2D eigenvalue weighted by molar-refractivity contribution is 14.0. The molecule has 0 spiro atoms. The van der Waals surface area contributed by atoms with Crippen LogP contribution in [0.5, 0.6) is 5.88 Å². The Morgan fingerprint density at radius 3 is 2.64 bits per heavy atom. The second-order valence-corrected chi connectivity index (χ2v) is 4.75. The van der Waals surface area contributed by atoms with Gasteiger partial charge in [-0.25, -0.2) is 4.98 Å². The van der Waals surface area contributed by atoms with Crippen molar-refractivity contribution in [3.63, 3.8) is 0 Å². The minimum Gasteiger partial charge on any atom is -0.468 e. The van der Waals surface area contributed by atoms with Gasteiger partial charge in [0.2, 0.25) is 5.88 Å². The molecule has 1 heterocycles. The highest BCUT2D eigenvalue weighted by atomic mass is 127. The second-order valence-electron chi connectivity index (χ2n) is 4.75. The van der Waals surface area contributed by atoms with Crippen LogP contribution in [0.2, 0.25) is 0 Å². The molecule has 0 aliphatic heterocycles. The smallest absolute Gasteiger partial charge is 0.422 e. The summed E-state index contributed by atoms with van der Waals surface area (Å²) < 4.78 is 40.5. The fraction of sp³-hybridized carbons (Fsp3) is 0.538. The Morgan fingerprint density at radius 2 is 2.14 bits per heavy atom. The third-order valence-corrected chi connectivity index (χ3v) is 2.78. The molecule has 5 nitrogen and oxygen atoms in total. The zero-order valence-corrected chi connectivity index (χ0v) is 14.3. The molecule has 9 heteroatoms. The van der Waals surface area contributed by atoms with Crippen molar-refractivity contribution < 1.29 is 17.9 Å². The Morgan fingerprint density at radius 1 is 1.41 bits per heavy atom. The number of guanidine groups is 1. The summed E-state index contributed by atoms with van der Waals surface area (Å²) in [4.78, 5) is 7.92. The number of aromatic nitrogens is 1. The van der Waals surface area contributed by atoms with Gasteiger partial charge in [-0.2, -0.15) is 13.2 Å². The lowest BCUT2D eigenvalue weighted by Gasteiger charge is -2.11. The zero-order valence-electron chi connectivity index (χ0n) is 12.0. The van der Waals surface area contributed by atoms with Gasteiger partial charge in [-0.15, -0.1) is 24.0 Å². The number of hydrogen-bond acceptors (Lipinski definition) is 3. The zero-order chi connectivity index (χ0) is 15.3. The SMILES string of the molecule is CN=C(NCc1ccc(OCC(F)(F)F)nc1)NC1CC1.I. The fourth-order valence-corrected chi connectivity index (χ4v) is 1.56. The summed E-state index contributed by atoms with van der Waals surface area (Å²) in [5.41, 5.74) is 0.827. The molecule has 1 aromatic rings. The average molecular weight is 430 g/mol. The Labute approximate surface area is 143 Å². The number of rotatable bonds is 5. The first kappa shape index (κ1) is 18.8. The first-order chi connectivity index (χ1) is 9.96. The van der Waals surface area contributed by atoms with Crippen LogP contribution in [0.4, 0.5) is 13.2 Å². The van der Waals surface area contributed by atoms with Gasteiger partial charge in [0.15, 0.2) is 12.6 Å². The Balaban J connectivity index is 0.00000242. The van der Waals surface area contributed by atoms with Crippen molar-refractivity contribution in [1.82, 2.24) is 15.6 Å². The Bertz CT molecular complexity index is 489. The van der Waals surface area contributed by atoms with Gasteiger partial charge in [-0.3, -0.25) is 4.99 Å². The van der Waals surface area contributed by atoms with Gasteiger partial charge in [0, 0.05) is 31.9 Å². The van der Waals surface area contributed by atoms with E-state index >= 15 is 0 Å². The van der Waals surface area contributed by atoms with Crippen molar-refractivity contribution in [3.8, 4) is 5.88 Å². The molecule has 124 valence electrons. The molecule has 0 bridgehead atoms. The van der Waals surface area contributed by atoms with E-state index in [0.29, 0.717) is 18.5 Å². The van der Waals surface area contributed by atoms with Crippen molar-refractivity contribution in [2.24, 2.45) is 4.99 Å². The summed E-state index contributed by atoms with van der Waals surface area (Å²) in [6.07, 6.45) is -0.590. The van der Waals surface area contributed by atoms with Gasteiger partial charge in [-0.1, -0.05) is 6.07 Å². The molecule has 1 aromatic heterocycles. The lowest BCUT2D eigenvalue weighted by molar-refractivity contribution is -0.154. The van der Waals surface area contributed by atoms with E-state index in [2.05, 4.69) is 25.3 Å². The van der Waals surface area contributed by atoms with E-state index in [1.807, 2.05) is 0 Å². The number of pyridine rings is 1. The van der Waals surface area contributed by atoms with E-state index in [4.69, 9.17) is 0 Å². The Kier molecular flexibility index (Phi) is 7.17. The van der Waals surface area contributed by atoms with Crippen LogP contribution in [-0.2, 0) is 6.54 Å². The van der Waals surface area contributed by atoms with Crippen molar-refractivity contribution in [1.29, 1.82) is 0 Å². The van der Waals surface area contributed by atoms with E-state index in [-0.39, 0.29) is 29.9 Å². The molecule has 1 aliphatic rings. The van der Waals surface area contributed by atoms with Gasteiger partial charge in [0.1, 0.15) is 0 Å². The lowest BCUT2D eigenvalue weighted by Crippen LogP contribution is -2.38. The molecule has 1 saturated carbocycles. The van der Waals surface area contributed by atoms with E-state index in [1.54, 1.807) is 13.1 Å². The molecule has 0 amide bonds. The molecule has 1 fully saturated rings. The van der Waals surface area contributed by atoms with Crippen molar-refractivity contribution >= 4 is 29.9 Å². The van der Waals surface area contributed by atoms with Crippen LogP contribution in [-0.4, -0.2) is 36.8 Å². The van der Waals surface area contributed by atoms with E-state index < -0.39 is 12.8 Å². The average Bonchev–Trinajstić information content (AvgIpc) is 3.25. The maximum Gasteiger partial charge on any atom is 0.422 e. The third kappa shape index (κ3) is 7.14. The van der Waals surface area contributed by atoms with Crippen LogP contribution in [0.25, 0.3) is 0 Å². The van der Waals surface area contributed by atoms with Crippen molar-refractivity contribution in [2.75, 3.05) is 13.7 Å². The van der Waals surface area contributed by atoms with Gasteiger partial charge in [0.05, 0.1) is 0 Å². The van der Waals surface area contributed by atoms with E-state index in [9.17, 15) is 13.2 Å². The number of ether oxygens (including phenoxy) is 1. The fourth-order valence-electron chi connectivity index (χ4n) is 1.56. The summed E-state index contributed by atoms with van der Waals surface area (Å²) in [5, 5.41) is 6.34. The molecule has 22 heavy (non-hydrogen) atoms. The van der Waals surface area contributed by atoms with Gasteiger partial charge in [0.25, 0.3) is 0 Å². The molecule has 0 aromatic carbocycles. The second kappa shape index (κ2) is 8.39. The van der Waals surface area contributed by atoms with Crippen LogP contribution in [0.15, 0.2) is 23.3 Å². The number of halogens is 4. The number of hydrogen-bond donors (Lipinski definition) is 2. The number of nitrogens with zero attached hydrogens (tertiary/aromatic N) is 2. The minimum atomic E-state index is -4.36. The van der Waals surface area contributed by atoms with Gasteiger partial charge < -0.3 is 15.4 Å². The molecule has 1 aliphatic carbocycles. The highest BCUT2D eigenvalue weighted by Crippen LogP contribution is 2.18. The molecule has 0 radical (unpaired) electrons. The maximum atomic E-state index is 12.0. The minimum absolute atomic E-state index is 0. The van der Waals surface area contributed by atoms with Crippen LogP contribution >= 0.6 is 24.0 Å². The summed E-state index contributed by atoms with van der Waals surface area (Å²) >= 11 is 0. The molecular formula is C13H18F3IN4O. The van der Waals surface area contributed by atoms with Gasteiger partial charge in [-0.05, 0) is 18.4 Å². The standard InChI is InChI=1S/C13H17F3N4O.HI/c1-17-12(20-10-3-4-10)19-7-9-2-5-11(18-6-9)21-8-13(14,15)16;/h2,5-6,10H,3-4,7-8H2,1H3,(H2,17,19,20);1H. The maximum absolute atomic E-state index is 12.0. The van der Waals surface area contributed by atoms with Crippen LogP contribution in [0.3, 0.4) is 0 Å². The monoisotopic (exact) mass is 430 g/mol. The van der Waals surface area contributed by atoms with Crippen molar-refractivity contribution in [2.45, 2.75) is 31.6 Å². The molecule has 0 saturated heterocycles.